The Kier molecular flexibility index (Phi) is 1.43. The molecular formula is C9H7NO2. The minimum absolute atomic E-state index is 0.621. The van der Waals surface area contributed by atoms with Gasteiger partial charge in [-0.3, -0.25) is 4.79 Å². The zero-order valence-corrected chi connectivity index (χ0v) is 6.57. The van der Waals surface area contributed by atoms with Crippen molar-refractivity contribution in [2.45, 2.75) is 6.92 Å². The lowest BCUT2D eigenvalue weighted by atomic mass is 10.1. The third-order valence-electron chi connectivity index (χ3n) is 1.82. The second-order valence-electron chi connectivity index (χ2n) is 2.63. The van der Waals surface area contributed by atoms with Crippen LogP contribution in [0, 0.1) is 6.92 Å². The standard InChI is InChI=1S/C9H7NO2/c1-6-8-3-2-7(5-11)4-9(8)10-12-6/h2-5H,1H3. The molecule has 60 valence electrons. The summed E-state index contributed by atoms with van der Waals surface area (Å²) >= 11 is 0. The second-order valence-corrected chi connectivity index (χ2v) is 2.63. The van der Waals surface area contributed by atoms with E-state index in [9.17, 15) is 4.79 Å². The lowest BCUT2D eigenvalue weighted by Crippen LogP contribution is -1.78. The summed E-state index contributed by atoms with van der Waals surface area (Å²) in [5.41, 5.74) is 1.35. The number of hydrogen-bond acceptors (Lipinski definition) is 3. The van der Waals surface area contributed by atoms with Gasteiger partial charge in [0.15, 0.2) is 0 Å². The third kappa shape index (κ3) is 0.906. The monoisotopic (exact) mass is 161 g/mol. The lowest BCUT2D eigenvalue weighted by Gasteiger charge is -1.88. The Labute approximate surface area is 69.0 Å². The van der Waals surface area contributed by atoms with Gasteiger partial charge in [0.2, 0.25) is 0 Å². The Hall–Kier alpha value is -1.64. The van der Waals surface area contributed by atoms with Gasteiger partial charge in [-0.2, -0.15) is 0 Å². The van der Waals surface area contributed by atoms with Crippen molar-refractivity contribution in [1.82, 2.24) is 5.16 Å². The largest absolute Gasteiger partial charge is 0.360 e. The van der Waals surface area contributed by atoms with Gasteiger partial charge in [-0.15, -0.1) is 0 Å². The van der Waals surface area contributed by atoms with Gasteiger partial charge in [-0.25, -0.2) is 0 Å². The predicted octanol–water partition coefficient (Wildman–Crippen LogP) is 1.95. The van der Waals surface area contributed by atoms with E-state index in [1.54, 1.807) is 12.1 Å². The molecule has 0 saturated carbocycles. The summed E-state index contributed by atoms with van der Waals surface area (Å²) in [6.07, 6.45) is 0.795. The fourth-order valence-electron chi connectivity index (χ4n) is 1.16. The first-order valence-corrected chi connectivity index (χ1v) is 3.62. The molecule has 3 heteroatoms. The molecule has 0 fully saturated rings. The highest BCUT2D eigenvalue weighted by Crippen LogP contribution is 2.17. The van der Waals surface area contributed by atoms with Crippen molar-refractivity contribution in [1.29, 1.82) is 0 Å². The molecule has 0 aliphatic carbocycles. The van der Waals surface area contributed by atoms with Crippen LogP contribution in [0.4, 0.5) is 0 Å². The minimum Gasteiger partial charge on any atom is -0.360 e. The topological polar surface area (TPSA) is 43.1 Å². The van der Waals surface area contributed by atoms with Crippen LogP contribution in [-0.2, 0) is 0 Å². The highest BCUT2D eigenvalue weighted by atomic mass is 16.5. The van der Waals surface area contributed by atoms with Gasteiger partial charge < -0.3 is 4.52 Å². The molecule has 1 aromatic carbocycles. The van der Waals surface area contributed by atoms with Gasteiger partial charge in [-0.05, 0) is 19.1 Å². The summed E-state index contributed by atoms with van der Waals surface area (Å²) in [5.74, 6) is 0.780. The molecule has 0 spiro atoms. The van der Waals surface area contributed by atoms with Gasteiger partial charge in [0.05, 0.1) is 0 Å². The average Bonchev–Trinajstić information content (AvgIpc) is 2.47. The number of aldehydes is 1. The maximum atomic E-state index is 10.4. The number of aromatic nitrogens is 1. The Morgan fingerprint density at radius 1 is 1.50 bits per heavy atom. The van der Waals surface area contributed by atoms with E-state index >= 15 is 0 Å². The summed E-state index contributed by atoms with van der Waals surface area (Å²) in [5, 5.41) is 4.75. The number of carbonyl (C=O) groups excluding carboxylic acids is 1. The third-order valence-corrected chi connectivity index (χ3v) is 1.82. The van der Waals surface area contributed by atoms with Gasteiger partial charge in [-0.1, -0.05) is 11.2 Å². The first-order valence-electron chi connectivity index (χ1n) is 3.62. The summed E-state index contributed by atoms with van der Waals surface area (Å²) in [6.45, 7) is 1.84. The Morgan fingerprint density at radius 3 is 3.08 bits per heavy atom. The number of nitrogens with zero attached hydrogens (tertiary/aromatic N) is 1. The van der Waals surface area contributed by atoms with Crippen LogP contribution in [0.15, 0.2) is 22.7 Å². The van der Waals surface area contributed by atoms with Crippen molar-refractivity contribution in [2.75, 3.05) is 0 Å². The van der Waals surface area contributed by atoms with Crippen LogP contribution in [0.5, 0.6) is 0 Å². The minimum atomic E-state index is 0.621. The maximum Gasteiger partial charge on any atom is 0.150 e. The first-order chi connectivity index (χ1) is 5.81. The van der Waals surface area contributed by atoms with E-state index < -0.39 is 0 Å². The molecule has 1 aromatic heterocycles. The van der Waals surface area contributed by atoms with Crippen molar-refractivity contribution < 1.29 is 9.32 Å². The van der Waals surface area contributed by atoms with E-state index in [-0.39, 0.29) is 0 Å². The molecule has 0 aliphatic rings. The molecule has 0 atom stereocenters. The zero-order chi connectivity index (χ0) is 8.55. The Bertz CT molecular complexity index is 431. The summed E-state index contributed by atoms with van der Waals surface area (Å²) in [7, 11) is 0. The quantitative estimate of drug-likeness (QED) is 0.600. The number of hydrogen-bond donors (Lipinski definition) is 0. The molecule has 0 unspecified atom stereocenters. The lowest BCUT2D eigenvalue weighted by molar-refractivity contribution is 0.112. The molecule has 0 amide bonds. The van der Waals surface area contributed by atoms with E-state index in [0.717, 1.165) is 22.9 Å². The van der Waals surface area contributed by atoms with Gasteiger partial charge >= 0.3 is 0 Å². The molecule has 3 nitrogen and oxygen atoms in total. The van der Waals surface area contributed by atoms with Crippen molar-refractivity contribution in [2.24, 2.45) is 0 Å². The van der Waals surface area contributed by atoms with E-state index in [1.165, 1.54) is 0 Å². The highest BCUT2D eigenvalue weighted by Gasteiger charge is 2.03. The van der Waals surface area contributed by atoms with Crippen molar-refractivity contribution in [3.8, 4) is 0 Å². The molecule has 1 heterocycles. The van der Waals surface area contributed by atoms with Gasteiger partial charge in [0, 0.05) is 10.9 Å². The van der Waals surface area contributed by atoms with Crippen LogP contribution >= 0.6 is 0 Å². The van der Waals surface area contributed by atoms with E-state index in [4.69, 9.17) is 4.52 Å². The van der Waals surface area contributed by atoms with Crippen molar-refractivity contribution in [3.63, 3.8) is 0 Å². The molecule has 0 N–H and O–H groups in total. The van der Waals surface area contributed by atoms with Crippen LogP contribution in [0.1, 0.15) is 16.1 Å². The van der Waals surface area contributed by atoms with E-state index in [1.807, 2.05) is 13.0 Å². The fourth-order valence-corrected chi connectivity index (χ4v) is 1.16. The van der Waals surface area contributed by atoms with Crippen LogP contribution in [-0.4, -0.2) is 11.4 Å². The number of fused-ring (bicyclic) bond motifs is 1. The average molecular weight is 161 g/mol. The molecular weight excluding hydrogens is 154 g/mol. The summed E-state index contributed by atoms with van der Waals surface area (Å²) in [4.78, 5) is 10.4. The summed E-state index contributed by atoms with van der Waals surface area (Å²) < 4.78 is 4.95. The van der Waals surface area contributed by atoms with Crippen molar-refractivity contribution >= 4 is 17.2 Å². The predicted molar refractivity (Wildman–Crippen MR) is 44.1 cm³/mol. The van der Waals surface area contributed by atoms with Crippen LogP contribution in [0.2, 0.25) is 0 Å². The number of rotatable bonds is 1. The molecule has 12 heavy (non-hydrogen) atoms. The van der Waals surface area contributed by atoms with E-state index in [0.29, 0.717) is 5.56 Å². The second kappa shape index (κ2) is 2.44. The van der Waals surface area contributed by atoms with Crippen LogP contribution in [0.25, 0.3) is 10.9 Å². The summed E-state index contributed by atoms with van der Waals surface area (Å²) in [6, 6.07) is 5.29. The fraction of sp³-hybridized carbons (Fsp3) is 0.111. The Balaban J connectivity index is 2.77. The number of carbonyl (C=O) groups is 1. The smallest absolute Gasteiger partial charge is 0.150 e. The first kappa shape index (κ1) is 7.03. The number of aryl methyl sites for hydroxylation is 1. The zero-order valence-electron chi connectivity index (χ0n) is 6.57. The molecule has 0 aliphatic heterocycles. The van der Waals surface area contributed by atoms with Crippen LogP contribution in [0.3, 0.4) is 0 Å². The van der Waals surface area contributed by atoms with Gasteiger partial charge in [0.1, 0.15) is 17.6 Å². The highest BCUT2D eigenvalue weighted by molar-refractivity contribution is 5.87. The molecule has 2 aromatic rings. The molecule has 0 saturated heterocycles. The Morgan fingerprint density at radius 2 is 2.33 bits per heavy atom. The van der Waals surface area contributed by atoms with Crippen molar-refractivity contribution in [3.05, 3.63) is 29.5 Å². The SMILES string of the molecule is Cc1onc2cc(C=O)ccc12. The molecule has 2 rings (SSSR count). The van der Waals surface area contributed by atoms with Crippen LogP contribution < -0.4 is 0 Å². The van der Waals surface area contributed by atoms with E-state index in [2.05, 4.69) is 5.16 Å². The van der Waals surface area contributed by atoms with Gasteiger partial charge in [0.25, 0.3) is 0 Å². The molecule has 0 bridgehead atoms. The molecule has 0 radical (unpaired) electrons. The normalized spacial score (nSPS) is 10.4. The number of benzene rings is 1. The maximum absolute atomic E-state index is 10.4.